The number of halogens is 3. The molecule has 0 radical (unpaired) electrons. The van der Waals surface area contributed by atoms with Crippen LogP contribution in [-0.2, 0) is 0 Å². The molecule has 7 heteroatoms. The number of alkyl halides is 3. The predicted octanol–water partition coefficient (Wildman–Crippen LogP) is 3.67. The molecule has 0 atom stereocenters. The van der Waals surface area contributed by atoms with Crippen molar-refractivity contribution < 1.29 is 22.7 Å². The number of carbonyl (C=O) groups is 1. The van der Waals surface area contributed by atoms with Gasteiger partial charge in [0.05, 0.1) is 4.88 Å². The lowest BCUT2D eigenvalue weighted by molar-refractivity contribution is -0.274. The molecule has 0 aliphatic rings. The number of amides is 1. The van der Waals surface area contributed by atoms with Crippen LogP contribution in [0.25, 0.3) is 11.1 Å². The van der Waals surface area contributed by atoms with Crippen LogP contribution in [0.1, 0.15) is 9.67 Å². The molecule has 0 saturated carbocycles. The number of hydrogen-bond acceptors (Lipinski definition) is 3. The van der Waals surface area contributed by atoms with Crippen molar-refractivity contribution >= 4 is 17.2 Å². The molecule has 0 aliphatic carbocycles. The van der Waals surface area contributed by atoms with E-state index >= 15 is 0 Å². The minimum Gasteiger partial charge on any atom is -0.406 e. The third-order valence-corrected chi connectivity index (χ3v) is 3.40. The highest BCUT2D eigenvalue weighted by atomic mass is 32.1. The van der Waals surface area contributed by atoms with Crippen molar-refractivity contribution in [1.29, 1.82) is 0 Å². The second-order valence-electron chi connectivity index (χ2n) is 3.85. The lowest BCUT2D eigenvalue weighted by Gasteiger charge is -2.08. The van der Waals surface area contributed by atoms with Gasteiger partial charge in [-0.2, -0.15) is 0 Å². The quantitative estimate of drug-likeness (QED) is 0.939. The third-order valence-electron chi connectivity index (χ3n) is 2.47. The van der Waals surface area contributed by atoms with Crippen LogP contribution in [0, 0.1) is 0 Å². The molecule has 1 aromatic heterocycles. The molecule has 20 heavy (non-hydrogen) atoms. The van der Waals surface area contributed by atoms with Crippen LogP contribution in [-0.4, -0.2) is 19.3 Å². The zero-order valence-corrected chi connectivity index (χ0v) is 11.1. The summed E-state index contributed by atoms with van der Waals surface area (Å²) >= 11 is 1.27. The highest BCUT2D eigenvalue weighted by molar-refractivity contribution is 7.12. The molecule has 106 valence electrons. The molecule has 0 unspecified atom stereocenters. The van der Waals surface area contributed by atoms with Crippen molar-refractivity contribution in [2.75, 3.05) is 7.05 Å². The first-order valence-corrected chi connectivity index (χ1v) is 6.44. The summed E-state index contributed by atoms with van der Waals surface area (Å²) in [6, 6.07) is 7.18. The Balaban J connectivity index is 2.18. The molecule has 0 bridgehead atoms. The highest BCUT2D eigenvalue weighted by Gasteiger charge is 2.30. The molecule has 2 rings (SSSR count). The van der Waals surface area contributed by atoms with Gasteiger partial charge in [0.1, 0.15) is 5.75 Å². The van der Waals surface area contributed by atoms with E-state index in [-0.39, 0.29) is 11.7 Å². The molecule has 0 saturated heterocycles. The Kier molecular flexibility index (Phi) is 3.99. The fraction of sp³-hybridized carbons (Fsp3) is 0.154. The van der Waals surface area contributed by atoms with E-state index in [4.69, 9.17) is 0 Å². The van der Waals surface area contributed by atoms with Gasteiger partial charge in [0, 0.05) is 7.05 Å². The average molecular weight is 301 g/mol. The average Bonchev–Trinajstić information content (AvgIpc) is 2.86. The predicted molar refractivity (Wildman–Crippen MR) is 69.8 cm³/mol. The van der Waals surface area contributed by atoms with E-state index in [2.05, 4.69) is 10.1 Å². The zero-order valence-electron chi connectivity index (χ0n) is 10.3. The maximum atomic E-state index is 12.0. The van der Waals surface area contributed by atoms with E-state index in [0.717, 1.165) is 5.56 Å². The summed E-state index contributed by atoms with van der Waals surface area (Å²) in [6.45, 7) is 0. The normalized spacial score (nSPS) is 11.2. The molecule has 2 aromatic rings. The highest BCUT2D eigenvalue weighted by Crippen LogP contribution is 2.29. The Morgan fingerprint density at radius 2 is 1.85 bits per heavy atom. The van der Waals surface area contributed by atoms with Gasteiger partial charge in [0.2, 0.25) is 0 Å². The standard InChI is InChI=1S/C13H10F3NO2S/c1-17-12(18)11-6-9(7-20-11)8-2-4-10(5-3-8)19-13(14,15)16/h2-7H,1H3,(H,17,18). The van der Waals surface area contributed by atoms with E-state index < -0.39 is 6.36 Å². The first kappa shape index (κ1) is 14.4. The summed E-state index contributed by atoms with van der Waals surface area (Å²) in [5.74, 6) is -0.471. The van der Waals surface area contributed by atoms with Gasteiger partial charge in [0.25, 0.3) is 5.91 Å². The van der Waals surface area contributed by atoms with E-state index in [1.807, 2.05) is 0 Å². The molecule has 0 fully saturated rings. The van der Waals surface area contributed by atoms with Crippen LogP contribution >= 0.6 is 11.3 Å². The van der Waals surface area contributed by atoms with Crippen LogP contribution in [0.15, 0.2) is 35.7 Å². The van der Waals surface area contributed by atoms with Crippen molar-refractivity contribution in [3.8, 4) is 16.9 Å². The van der Waals surface area contributed by atoms with Gasteiger partial charge in [-0.3, -0.25) is 4.79 Å². The summed E-state index contributed by atoms with van der Waals surface area (Å²) in [6.07, 6.45) is -4.70. The van der Waals surface area contributed by atoms with E-state index in [0.29, 0.717) is 10.4 Å². The van der Waals surface area contributed by atoms with Crippen molar-refractivity contribution in [2.45, 2.75) is 6.36 Å². The van der Waals surface area contributed by atoms with Gasteiger partial charge in [0.15, 0.2) is 0 Å². The maximum absolute atomic E-state index is 12.0. The van der Waals surface area contributed by atoms with Crippen molar-refractivity contribution in [3.63, 3.8) is 0 Å². The summed E-state index contributed by atoms with van der Waals surface area (Å²) in [5.41, 5.74) is 1.48. The molecular formula is C13H10F3NO2S. The van der Waals surface area contributed by atoms with Crippen molar-refractivity contribution in [3.05, 3.63) is 40.6 Å². The summed E-state index contributed by atoms with van der Waals surface area (Å²) < 4.78 is 39.9. The fourth-order valence-electron chi connectivity index (χ4n) is 1.58. The summed E-state index contributed by atoms with van der Waals surface area (Å²) in [7, 11) is 1.53. The first-order valence-electron chi connectivity index (χ1n) is 5.56. The van der Waals surface area contributed by atoms with Crippen molar-refractivity contribution in [2.24, 2.45) is 0 Å². The van der Waals surface area contributed by atoms with E-state index in [1.165, 1.54) is 42.6 Å². The summed E-state index contributed by atoms with van der Waals surface area (Å²) in [5, 5.41) is 4.28. The molecule has 1 amide bonds. The number of nitrogens with one attached hydrogen (secondary N) is 1. The van der Waals surface area contributed by atoms with Gasteiger partial charge in [-0.05, 0) is 34.7 Å². The molecule has 0 aliphatic heterocycles. The minimum atomic E-state index is -4.70. The lowest BCUT2D eigenvalue weighted by atomic mass is 10.1. The van der Waals surface area contributed by atoms with Crippen LogP contribution in [0.3, 0.4) is 0 Å². The largest absolute Gasteiger partial charge is 0.573 e. The van der Waals surface area contributed by atoms with Gasteiger partial charge in [-0.25, -0.2) is 0 Å². The summed E-state index contributed by atoms with van der Waals surface area (Å²) in [4.78, 5) is 12.0. The maximum Gasteiger partial charge on any atom is 0.573 e. The number of rotatable bonds is 3. The number of carbonyl (C=O) groups excluding carboxylic acids is 1. The molecule has 1 N–H and O–H groups in total. The van der Waals surface area contributed by atoms with Crippen LogP contribution in [0.5, 0.6) is 5.75 Å². The molecule has 3 nitrogen and oxygen atoms in total. The van der Waals surface area contributed by atoms with Gasteiger partial charge in [-0.1, -0.05) is 12.1 Å². The van der Waals surface area contributed by atoms with Gasteiger partial charge < -0.3 is 10.1 Å². The van der Waals surface area contributed by atoms with E-state index in [9.17, 15) is 18.0 Å². The van der Waals surface area contributed by atoms with Crippen molar-refractivity contribution in [1.82, 2.24) is 5.32 Å². The number of hydrogen-bond donors (Lipinski definition) is 1. The molecule has 1 aromatic carbocycles. The Labute approximate surface area is 117 Å². The SMILES string of the molecule is CNC(=O)c1cc(-c2ccc(OC(F)(F)F)cc2)cs1. The minimum absolute atomic E-state index is 0.196. The Bertz CT molecular complexity index is 605. The van der Waals surface area contributed by atoms with E-state index in [1.54, 1.807) is 11.4 Å². The first-order chi connectivity index (χ1) is 9.39. The monoisotopic (exact) mass is 301 g/mol. The number of benzene rings is 1. The number of ether oxygens (including phenoxy) is 1. The molecular weight excluding hydrogens is 291 g/mol. The topological polar surface area (TPSA) is 38.3 Å². The van der Waals surface area contributed by atoms with Crippen LogP contribution < -0.4 is 10.1 Å². The van der Waals surface area contributed by atoms with Crippen LogP contribution in [0.4, 0.5) is 13.2 Å². The van der Waals surface area contributed by atoms with Crippen LogP contribution in [0.2, 0.25) is 0 Å². The number of thiophene rings is 1. The zero-order chi connectivity index (χ0) is 14.8. The lowest BCUT2D eigenvalue weighted by Crippen LogP contribution is -2.16. The fourth-order valence-corrected chi connectivity index (χ4v) is 2.44. The second-order valence-corrected chi connectivity index (χ2v) is 4.76. The Hall–Kier alpha value is -2.02. The Morgan fingerprint density at radius 3 is 2.40 bits per heavy atom. The molecule has 1 heterocycles. The van der Waals surface area contributed by atoms with Gasteiger partial charge >= 0.3 is 6.36 Å². The third kappa shape index (κ3) is 3.51. The second kappa shape index (κ2) is 5.54. The Morgan fingerprint density at radius 1 is 1.20 bits per heavy atom. The molecule has 0 spiro atoms. The van der Waals surface area contributed by atoms with Gasteiger partial charge in [-0.15, -0.1) is 24.5 Å². The smallest absolute Gasteiger partial charge is 0.406 e.